The molecule has 2 aromatic carbocycles. The number of fused-ring (bicyclic) bond motifs is 1. The number of halogens is 1. The van der Waals surface area contributed by atoms with E-state index in [0.29, 0.717) is 30.0 Å². The second-order valence-corrected chi connectivity index (χ2v) is 7.04. The highest BCUT2D eigenvalue weighted by molar-refractivity contribution is 5.96. The minimum atomic E-state index is -0.218. The molecule has 25 heavy (non-hydrogen) atoms. The number of nitrogens with zero attached hydrogens (tertiary/aromatic N) is 1. The van der Waals surface area contributed by atoms with E-state index in [9.17, 15) is 4.39 Å². The zero-order valence-electron chi connectivity index (χ0n) is 14.3. The number of nitrogens with one attached hydrogen (secondary N) is 1. The van der Waals surface area contributed by atoms with Gasteiger partial charge in [-0.3, -0.25) is 0 Å². The van der Waals surface area contributed by atoms with Crippen LogP contribution < -0.4 is 5.73 Å². The molecule has 0 unspecified atom stereocenters. The molecule has 0 amide bonds. The molecule has 2 heterocycles. The van der Waals surface area contributed by atoms with Gasteiger partial charge in [-0.25, -0.2) is 4.39 Å². The molecule has 0 saturated carbocycles. The first kappa shape index (κ1) is 15.8. The molecule has 3 aromatic rings. The van der Waals surface area contributed by atoms with Gasteiger partial charge >= 0.3 is 0 Å². The molecule has 5 heteroatoms. The highest BCUT2D eigenvalue weighted by Crippen LogP contribution is 2.38. The summed E-state index contributed by atoms with van der Waals surface area (Å²) >= 11 is 0. The number of hydrogen-bond acceptors (Lipinski definition) is 3. The molecule has 1 aromatic heterocycles. The first-order valence-electron chi connectivity index (χ1n) is 8.23. The largest absolute Gasteiger partial charge is 0.398 e. The van der Waals surface area contributed by atoms with E-state index in [1.165, 1.54) is 12.3 Å². The Balaban J connectivity index is 2.06. The summed E-state index contributed by atoms with van der Waals surface area (Å²) in [6, 6.07) is 11.1. The number of rotatable bonds is 3. The van der Waals surface area contributed by atoms with Crippen LogP contribution in [0.5, 0.6) is 0 Å². The van der Waals surface area contributed by atoms with E-state index < -0.39 is 0 Å². The molecule has 4 nitrogen and oxygen atoms in total. The maximum absolute atomic E-state index is 13.8. The average molecular weight is 337 g/mol. The van der Waals surface area contributed by atoms with Crippen LogP contribution in [-0.2, 0) is 10.2 Å². The van der Waals surface area contributed by atoms with Crippen molar-refractivity contribution in [3.8, 4) is 5.69 Å². The predicted molar refractivity (Wildman–Crippen MR) is 98.4 cm³/mol. The fourth-order valence-corrected chi connectivity index (χ4v) is 3.46. The number of anilines is 1. The van der Waals surface area contributed by atoms with Gasteiger partial charge in [-0.2, -0.15) is 0 Å². The number of hydrogen-bond donors (Lipinski definition) is 2. The Bertz CT molecular complexity index is 1000. The van der Waals surface area contributed by atoms with Crippen LogP contribution in [0.25, 0.3) is 16.6 Å². The molecule has 1 aliphatic heterocycles. The minimum Gasteiger partial charge on any atom is -0.398 e. The molecule has 128 valence electrons. The monoisotopic (exact) mass is 337 g/mol. The second kappa shape index (κ2) is 5.43. The van der Waals surface area contributed by atoms with Crippen LogP contribution in [0.15, 0.2) is 36.4 Å². The van der Waals surface area contributed by atoms with Gasteiger partial charge < -0.3 is 20.4 Å². The average Bonchev–Trinajstić information content (AvgIpc) is 2.92. The van der Waals surface area contributed by atoms with Gasteiger partial charge in [-0.15, -0.1) is 0 Å². The summed E-state index contributed by atoms with van der Waals surface area (Å²) < 4.78 is 21.4. The Labute approximate surface area is 145 Å². The predicted octanol–water partition coefficient (Wildman–Crippen LogP) is 3.95. The summed E-state index contributed by atoms with van der Waals surface area (Å²) in [6.07, 6.45) is 1.26. The minimum absolute atomic E-state index is 0.0963. The zero-order chi connectivity index (χ0) is 17.8. The lowest BCUT2D eigenvalue weighted by Gasteiger charge is -2.39. The van der Waals surface area contributed by atoms with Gasteiger partial charge in [0.1, 0.15) is 5.82 Å². The van der Waals surface area contributed by atoms with Crippen LogP contribution in [0.1, 0.15) is 23.7 Å². The Hall–Kier alpha value is -2.66. The fraction of sp³-hybridized carbons (Fsp3) is 0.250. The molecular weight excluding hydrogens is 317 g/mol. The van der Waals surface area contributed by atoms with Crippen molar-refractivity contribution < 1.29 is 9.13 Å². The molecule has 4 rings (SSSR count). The third kappa shape index (κ3) is 2.35. The van der Waals surface area contributed by atoms with Crippen molar-refractivity contribution in [1.82, 2.24) is 4.57 Å². The standard InChI is InChI=1S/C20H20FN3O/c1-12-5-15(3-4-16(12)21)24-18-7-14(9-22)17(23)6-13(18)8-19(24)20(2)10-25-11-20/h3-9,22H,10-11,23H2,1-2H3. The Morgan fingerprint density at radius 3 is 2.60 bits per heavy atom. The van der Waals surface area contributed by atoms with Crippen molar-refractivity contribution in [1.29, 1.82) is 5.41 Å². The van der Waals surface area contributed by atoms with Crippen LogP contribution in [0.2, 0.25) is 0 Å². The molecule has 0 radical (unpaired) electrons. The number of ether oxygens (including phenoxy) is 1. The summed E-state index contributed by atoms with van der Waals surface area (Å²) in [5.41, 5.74) is 10.8. The van der Waals surface area contributed by atoms with Crippen LogP contribution in [-0.4, -0.2) is 24.0 Å². The van der Waals surface area contributed by atoms with Gasteiger partial charge in [0.15, 0.2) is 0 Å². The molecule has 1 fully saturated rings. The van der Waals surface area contributed by atoms with Crippen LogP contribution in [0, 0.1) is 18.2 Å². The molecule has 1 saturated heterocycles. The third-order valence-electron chi connectivity index (χ3n) is 5.02. The molecule has 1 aliphatic rings. The van der Waals surface area contributed by atoms with Crippen molar-refractivity contribution in [2.24, 2.45) is 0 Å². The summed E-state index contributed by atoms with van der Waals surface area (Å²) in [6.45, 7) is 5.23. The highest BCUT2D eigenvalue weighted by atomic mass is 19.1. The van der Waals surface area contributed by atoms with E-state index in [-0.39, 0.29) is 11.2 Å². The second-order valence-electron chi connectivity index (χ2n) is 7.04. The molecule has 0 atom stereocenters. The van der Waals surface area contributed by atoms with E-state index in [1.807, 2.05) is 18.2 Å². The lowest BCUT2D eigenvalue weighted by molar-refractivity contribution is -0.0526. The molecule has 0 bridgehead atoms. The van der Waals surface area contributed by atoms with Gasteiger partial charge in [0, 0.05) is 34.2 Å². The van der Waals surface area contributed by atoms with E-state index >= 15 is 0 Å². The number of nitrogens with two attached hydrogens (primary N) is 1. The summed E-state index contributed by atoms with van der Waals surface area (Å²) in [5.74, 6) is -0.218. The van der Waals surface area contributed by atoms with Crippen LogP contribution >= 0.6 is 0 Å². The maximum atomic E-state index is 13.8. The lowest BCUT2D eigenvalue weighted by Crippen LogP contribution is -2.45. The van der Waals surface area contributed by atoms with Crippen molar-refractivity contribution in [2.75, 3.05) is 18.9 Å². The van der Waals surface area contributed by atoms with Crippen LogP contribution in [0.3, 0.4) is 0 Å². The van der Waals surface area contributed by atoms with Crippen molar-refractivity contribution in [2.45, 2.75) is 19.3 Å². The highest BCUT2D eigenvalue weighted by Gasteiger charge is 2.38. The van der Waals surface area contributed by atoms with Crippen molar-refractivity contribution in [3.05, 3.63) is 59.0 Å². The van der Waals surface area contributed by atoms with E-state index in [4.69, 9.17) is 15.9 Å². The van der Waals surface area contributed by atoms with E-state index in [2.05, 4.69) is 17.6 Å². The Kier molecular flexibility index (Phi) is 3.44. The summed E-state index contributed by atoms with van der Waals surface area (Å²) in [5, 5.41) is 8.60. The summed E-state index contributed by atoms with van der Waals surface area (Å²) in [4.78, 5) is 0. The first-order chi connectivity index (χ1) is 11.9. The number of aromatic nitrogens is 1. The van der Waals surface area contributed by atoms with Crippen LogP contribution in [0.4, 0.5) is 10.1 Å². The smallest absolute Gasteiger partial charge is 0.126 e. The van der Waals surface area contributed by atoms with Gasteiger partial charge in [0.25, 0.3) is 0 Å². The molecular formula is C20H20FN3O. The molecule has 0 spiro atoms. The van der Waals surface area contributed by atoms with Gasteiger partial charge in [-0.05, 0) is 55.8 Å². The number of benzene rings is 2. The van der Waals surface area contributed by atoms with E-state index in [0.717, 1.165) is 22.3 Å². The third-order valence-corrected chi connectivity index (χ3v) is 5.02. The Morgan fingerprint density at radius 2 is 2.00 bits per heavy atom. The molecule has 0 aliphatic carbocycles. The van der Waals surface area contributed by atoms with Gasteiger partial charge in [0.05, 0.1) is 24.1 Å². The van der Waals surface area contributed by atoms with Gasteiger partial charge in [0.2, 0.25) is 0 Å². The van der Waals surface area contributed by atoms with Gasteiger partial charge in [-0.1, -0.05) is 0 Å². The molecule has 3 N–H and O–H groups in total. The topological polar surface area (TPSA) is 64.0 Å². The van der Waals surface area contributed by atoms with Crippen molar-refractivity contribution >= 4 is 22.8 Å². The first-order valence-corrected chi connectivity index (χ1v) is 8.23. The lowest BCUT2D eigenvalue weighted by atomic mass is 9.84. The summed E-state index contributed by atoms with van der Waals surface area (Å²) in [7, 11) is 0. The number of aryl methyl sites for hydroxylation is 1. The maximum Gasteiger partial charge on any atom is 0.126 e. The zero-order valence-corrected chi connectivity index (χ0v) is 14.3. The van der Waals surface area contributed by atoms with Crippen molar-refractivity contribution in [3.63, 3.8) is 0 Å². The fourth-order valence-electron chi connectivity index (χ4n) is 3.46. The van der Waals surface area contributed by atoms with E-state index in [1.54, 1.807) is 13.0 Å². The SMILES string of the molecule is Cc1cc(-n2c(C3(C)COC3)cc3cc(N)c(C=N)cc32)ccc1F. The Morgan fingerprint density at radius 1 is 1.24 bits per heavy atom. The quantitative estimate of drug-likeness (QED) is 0.561. The normalized spacial score (nSPS) is 16.0. The number of nitrogen functional groups attached to an aromatic ring is 1.